The smallest absolute Gasteiger partial charge is 0.0142 e. The first-order valence-corrected chi connectivity index (χ1v) is 8.47. The van der Waals surface area contributed by atoms with Gasteiger partial charge >= 0.3 is 0 Å². The summed E-state index contributed by atoms with van der Waals surface area (Å²) in [6, 6.07) is 12.2. The first-order chi connectivity index (χ1) is 10.2. The fourth-order valence-corrected chi connectivity index (χ4v) is 3.48. The molecule has 2 fully saturated rings. The fourth-order valence-electron chi connectivity index (χ4n) is 3.48. The van der Waals surface area contributed by atoms with E-state index in [0.29, 0.717) is 12.0 Å². The van der Waals surface area contributed by atoms with Crippen LogP contribution in [0.25, 0.3) is 6.08 Å². The van der Waals surface area contributed by atoms with E-state index in [1.165, 1.54) is 37.9 Å². The van der Waals surface area contributed by atoms with Gasteiger partial charge in [0.15, 0.2) is 0 Å². The summed E-state index contributed by atoms with van der Waals surface area (Å²) >= 11 is 0. The van der Waals surface area contributed by atoms with Crippen molar-refractivity contribution in [1.82, 2.24) is 10.6 Å². The molecule has 1 saturated carbocycles. The lowest BCUT2D eigenvalue weighted by Crippen LogP contribution is -2.41. The van der Waals surface area contributed by atoms with E-state index in [-0.39, 0.29) is 0 Å². The first-order valence-electron chi connectivity index (χ1n) is 8.47. The van der Waals surface area contributed by atoms with Crippen LogP contribution in [0.15, 0.2) is 35.9 Å². The summed E-state index contributed by atoms with van der Waals surface area (Å²) in [6.07, 6.45) is 6.30. The highest BCUT2D eigenvalue weighted by Crippen LogP contribution is 2.42. The Balaban J connectivity index is 1.62. The number of piperidine rings is 1. The van der Waals surface area contributed by atoms with Gasteiger partial charge < -0.3 is 10.6 Å². The van der Waals surface area contributed by atoms with Crippen molar-refractivity contribution in [3.8, 4) is 0 Å². The Morgan fingerprint density at radius 1 is 1.19 bits per heavy atom. The van der Waals surface area contributed by atoms with E-state index in [0.717, 1.165) is 12.0 Å². The van der Waals surface area contributed by atoms with Crippen LogP contribution in [-0.4, -0.2) is 25.2 Å². The summed E-state index contributed by atoms with van der Waals surface area (Å²) in [7, 11) is 0. The average Bonchev–Trinajstić information content (AvgIpc) is 3.25. The molecule has 3 rings (SSSR count). The molecule has 1 aliphatic carbocycles. The highest BCUT2D eigenvalue weighted by Gasteiger charge is 2.41. The Kier molecular flexibility index (Phi) is 4.77. The van der Waals surface area contributed by atoms with Gasteiger partial charge in [-0.25, -0.2) is 0 Å². The predicted octanol–water partition coefficient (Wildman–Crippen LogP) is 3.46. The van der Waals surface area contributed by atoms with Crippen LogP contribution in [0.4, 0.5) is 0 Å². The maximum atomic E-state index is 3.88. The molecule has 2 N–H and O–H groups in total. The highest BCUT2D eigenvalue weighted by molar-refractivity contribution is 5.55. The van der Waals surface area contributed by atoms with Crippen LogP contribution in [0.5, 0.6) is 0 Å². The Morgan fingerprint density at radius 3 is 2.57 bits per heavy atom. The maximum Gasteiger partial charge on any atom is 0.0142 e. The summed E-state index contributed by atoms with van der Waals surface area (Å²) < 4.78 is 0. The molecule has 2 unspecified atom stereocenters. The van der Waals surface area contributed by atoms with Crippen molar-refractivity contribution in [3.63, 3.8) is 0 Å². The van der Waals surface area contributed by atoms with Crippen LogP contribution < -0.4 is 10.6 Å². The van der Waals surface area contributed by atoms with Crippen LogP contribution in [0.3, 0.4) is 0 Å². The van der Waals surface area contributed by atoms with Gasteiger partial charge in [-0.05, 0) is 49.8 Å². The molecule has 2 atom stereocenters. The zero-order valence-electron chi connectivity index (χ0n) is 13.3. The van der Waals surface area contributed by atoms with E-state index in [1.54, 1.807) is 5.57 Å². The van der Waals surface area contributed by atoms with Gasteiger partial charge in [0.2, 0.25) is 0 Å². The number of hydrogen-bond donors (Lipinski definition) is 2. The molecular formula is C19H28N2. The zero-order chi connectivity index (χ0) is 14.7. The summed E-state index contributed by atoms with van der Waals surface area (Å²) in [5.74, 6) is 1.38. The molecule has 2 aliphatic rings. The fraction of sp³-hybridized carbons (Fsp3) is 0.579. The van der Waals surface area contributed by atoms with Crippen LogP contribution in [0.1, 0.15) is 38.7 Å². The van der Waals surface area contributed by atoms with Gasteiger partial charge in [-0.2, -0.15) is 0 Å². The third-order valence-electron chi connectivity index (χ3n) is 4.81. The maximum absolute atomic E-state index is 3.88. The van der Waals surface area contributed by atoms with E-state index in [1.807, 2.05) is 0 Å². The average molecular weight is 284 g/mol. The lowest BCUT2D eigenvalue weighted by Gasteiger charge is -2.24. The van der Waals surface area contributed by atoms with E-state index < -0.39 is 0 Å². The molecule has 0 radical (unpaired) electrons. The van der Waals surface area contributed by atoms with Crippen molar-refractivity contribution in [2.45, 2.75) is 45.2 Å². The number of benzene rings is 1. The first kappa shape index (κ1) is 14.8. The monoisotopic (exact) mass is 284 g/mol. The molecule has 1 aliphatic heterocycles. The van der Waals surface area contributed by atoms with Crippen molar-refractivity contribution in [3.05, 3.63) is 41.5 Å². The van der Waals surface area contributed by atoms with Gasteiger partial charge in [-0.1, -0.05) is 55.8 Å². The van der Waals surface area contributed by atoms with Gasteiger partial charge in [-0.15, -0.1) is 0 Å². The minimum Gasteiger partial charge on any atom is -0.317 e. The van der Waals surface area contributed by atoms with Crippen molar-refractivity contribution in [1.29, 1.82) is 0 Å². The van der Waals surface area contributed by atoms with Crippen molar-refractivity contribution >= 4 is 6.08 Å². The summed E-state index contributed by atoms with van der Waals surface area (Å²) in [6.45, 7) is 7.00. The summed E-state index contributed by atoms with van der Waals surface area (Å²) in [5.41, 5.74) is 2.96. The third-order valence-corrected chi connectivity index (χ3v) is 4.81. The number of rotatable bonds is 5. The normalized spacial score (nSPS) is 27.1. The minimum absolute atomic E-state index is 0.634. The Morgan fingerprint density at radius 2 is 1.90 bits per heavy atom. The van der Waals surface area contributed by atoms with Crippen molar-refractivity contribution in [2.24, 2.45) is 11.8 Å². The molecule has 1 saturated heterocycles. The zero-order valence-corrected chi connectivity index (χ0v) is 13.3. The van der Waals surface area contributed by atoms with Crippen LogP contribution >= 0.6 is 0 Å². The number of nitrogens with one attached hydrogen (secondary N) is 2. The Bertz CT molecular complexity index is 472. The molecule has 0 amide bonds. The number of hydrogen-bond acceptors (Lipinski definition) is 2. The third kappa shape index (κ3) is 3.96. The van der Waals surface area contributed by atoms with Crippen LogP contribution in [0, 0.1) is 11.8 Å². The lowest BCUT2D eigenvalue weighted by molar-refractivity contribution is 0.380. The molecule has 114 valence electrons. The summed E-state index contributed by atoms with van der Waals surface area (Å²) in [5, 5.41) is 7.33. The molecule has 0 aromatic heterocycles. The molecule has 0 spiro atoms. The highest BCUT2D eigenvalue weighted by atomic mass is 15.0. The molecule has 1 heterocycles. The molecule has 2 heteroatoms. The Hall–Kier alpha value is -1.12. The predicted molar refractivity (Wildman–Crippen MR) is 90.2 cm³/mol. The molecule has 2 nitrogen and oxygen atoms in total. The van der Waals surface area contributed by atoms with E-state index in [4.69, 9.17) is 0 Å². The molecule has 1 aromatic carbocycles. The second-order valence-corrected chi connectivity index (χ2v) is 6.85. The Labute approximate surface area is 129 Å². The molecule has 1 aromatic rings. The van der Waals surface area contributed by atoms with Gasteiger partial charge in [0.25, 0.3) is 0 Å². The second-order valence-electron chi connectivity index (χ2n) is 6.85. The minimum atomic E-state index is 0.634. The molecule has 0 bridgehead atoms. The molecular weight excluding hydrogens is 256 g/mol. The van der Waals surface area contributed by atoms with Gasteiger partial charge in [0.05, 0.1) is 0 Å². The quantitative estimate of drug-likeness (QED) is 0.865. The van der Waals surface area contributed by atoms with E-state index >= 15 is 0 Å². The van der Waals surface area contributed by atoms with Crippen LogP contribution in [-0.2, 0) is 0 Å². The van der Waals surface area contributed by atoms with Crippen molar-refractivity contribution < 1.29 is 0 Å². The van der Waals surface area contributed by atoms with E-state index in [2.05, 4.69) is 60.9 Å². The second kappa shape index (κ2) is 6.76. The van der Waals surface area contributed by atoms with Gasteiger partial charge in [-0.3, -0.25) is 0 Å². The molecule has 21 heavy (non-hydrogen) atoms. The standard InChI is InChI=1S/C19H28N2/c1-14(2)17(12-15-6-4-3-5-7-15)18-13-19(18)21-16-8-10-20-11-9-16/h3-7,12,14,16,18-21H,8-11,13H2,1-2H3. The van der Waals surface area contributed by atoms with E-state index in [9.17, 15) is 0 Å². The van der Waals surface area contributed by atoms with Crippen LogP contribution in [0.2, 0.25) is 0 Å². The topological polar surface area (TPSA) is 24.1 Å². The van der Waals surface area contributed by atoms with Gasteiger partial charge in [0, 0.05) is 12.1 Å². The SMILES string of the molecule is CC(C)C(=Cc1ccccc1)C1CC1NC1CCNCC1. The largest absolute Gasteiger partial charge is 0.317 e. The lowest BCUT2D eigenvalue weighted by atomic mass is 9.95. The van der Waals surface area contributed by atoms with Crippen molar-refractivity contribution in [2.75, 3.05) is 13.1 Å². The van der Waals surface area contributed by atoms with Gasteiger partial charge in [0.1, 0.15) is 0 Å². The summed E-state index contributed by atoms with van der Waals surface area (Å²) in [4.78, 5) is 0.